The predicted octanol–water partition coefficient (Wildman–Crippen LogP) is 6.38. The van der Waals surface area contributed by atoms with Crippen LogP contribution in [0.4, 0.5) is 4.79 Å². The summed E-state index contributed by atoms with van der Waals surface area (Å²) in [5.74, 6) is 0.302. The number of amides is 2. The highest BCUT2D eigenvalue weighted by Crippen LogP contribution is 2.35. The van der Waals surface area contributed by atoms with Crippen LogP contribution in [-0.4, -0.2) is 41.8 Å². The first kappa shape index (κ1) is 26.3. The number of nitrogens with zero attached hydrogens (tertiary/aromatic N) is 1. The minimum Gasteiger partial charge on any atom is -0.492 e. The van der Waals surface area contributed by atoms with E-state index in [-0.39, 0.29) is 29.0 Å². The zero-order valence-corrected chi connectivity index (χ0v) is 21.8. The normalized spacial score (nSPS) is 14.2. The second kappa shape index (κ2) is 12.0. The maximum Gasteiger partial charge on any atom is 0.343 e. The van der Waals surface area contributed by atoms with Gasteiger partial charge in [0, 0.05) is 5.02 Å². The summed E-state index contributed by atoms with van der Waals surface area (Å²) in [6.45, 7) is 4.46. The molecule has 3 aromatic rings. The molecule has 7 nitrogen and oxygen atoms in total. The van der Waals surface area contributed by atoms with Crippen molar-refractivity contribution in [2.75, 3.05) is 19.8 Å². The van der Waals surface area contributed by atoms with Gasteiger partial charge in [-0.3, -0.25) is 14.5 Å². The standard InChI is InChI=1S/C28H24ClNO6S/c1-3-34-24-16-19(6-13-23(24)36-27(32)20-7-9-21(29)10-8-20)17-25-26(31)30(28(33)37-25)14-15-35-22-11-4-18(2)5-12-22/h4-13,16-17H,3,14-15H2,1-2H3/b25-17-. The molecule has 1 aliphatic rings. The van der Waals surface area contributed by atoms with Gasteiger partial charge in [-0.1, -0.05) is 35.4 Å². The molecule has 1 heterocycles. The number of thioether (sulfide) groups is 1. The molecular weight excluding hydrogens is 514 g/mol. The fraction of sp³-hybridized carbons (Fsp3) is 0.179. The number of rotatable bonds is 9. The Bertz CT molecular complexity index is 1340. The number of hydrogen-bond acceptors (Lipinski definition) is 7. The summed E-state index contributed by atoms with van der Waals surface area (Å²) < 4.78 is 16.8. The molecule has 0 saturated carbocycles. The van der Waals surface area contributed by atoms with Crippen LogP contribution in [0, 0.1) is 6.92 Å². The molecule has 0 N–H and O–H groups in total. The van der Waals surface area contributed by atoms with Crippen LogP contribution >= 0.6 is 23.4 Å². The van der Waals surface area contributed by atoms with Crippen LogP contribution < -0.4 is 14.2 Å². The summed E-state index contributed by atoms with van der Waals surface area (Å²) in [7, 11) is 0. The SMILES string of the molecule is CCOc1cc(/C=C2\SC(=O)N(CCOc3ccc(C)cc3)C2=O)ccc1OC(=O)c1ccc(Cl)cc1. The van der Waals surface area contributed by atoms with Gasteiger partial charge < -0.3 is 14.2 Å². The Labute approximate surface area is 224 Å². The fourth-order valence-electron chi connectivity index (χ4n) is 3.45. The highest BCUT2D eigenvalue weighted by Gasteiger charge is 2.34. The van der Waals surface area contributed by atoms with Crippen molar-refractivity contribution in [2.45, 2.75) is 13.8 Å². The largest absolute Gasteiger partial charge is 0.492 e. The molecule has 37 heavy (non-hydrogen) atoms. The van der Waals surface area contributed by atoms with Crippen molar-refractivity contribution in [2.24, 2.45) is 0 Å². The van der Waals surface area contributed by atoms with E-state index >= 15 is 0 Å². The van der Waals surface area contributed by atoms with Crippen molar-refractivity contribution in [1.29, 1.82) is 0 Å². The van der Waals surface area contributed by atoms with Crippen molar-refractivity contribution in [3.05, 3.63) is 93.3 Å². The molecule has 0 unspecified atom stereocenters. The third kappa shape index (κ3) is 6.72. The summed E-state index contributed by atoms with van der Waals surface area (Å²) in [6.07, 6.45) is 1.61. The third-order valence-corrected chi connectivity index (χ3v) is 6.49. The minimum atomic E-state index is -0.556. The van der Waals surface area contributed by atoms with E-state index in [1.54, 1.807) is 48.5 Å². The van der Waals surface area contributed by atoms with E-state index in [4.69, 9.17) is 25.8 Å². The van der Waals surface area contributed by atoms with Crippen molar-refractivity contribution < 1.29 is 28.6 Å². The molecule has 0 radical (unpaired) electrons. The van der Waals surface area contributed by atoms with Gasteiger partial charge in [-0.25, -0.2) is 4.79 Å². The first-order valence-electron chi connectivity index (χ1n) is 11.5. The summed E-state index contributed by atoms with van der Waals surface area (Å²) in [6, 6.07) is 18.8. The lowest BCUT2D eigenvalue weighted by atomic mass is 10.1. The average Bonchev–Trinajstić information content (AvgIpc) is 3.14. The molecule has 4 rings (SSSR count). The molecule has 2 amide bonds. The molecule has 0 bridgehead atoms. The molecule has 0 aromatic heterocycles. The molecule has 1 fully saturated rings. The van der Waals surface area contributed by atoms with Gasteiger partial charge >= 0.3 is 5.97 Å². The topological polar surface area (TPSA) is 82.1 Å². The number of hydrogen-bond donors (Lipinski definition) is 0. The van der Waals surface area contributed by atoms with Gasteiger partial charge in [-0.2, -0.15) is 0 Å². The molecule has 0 spiro atoms. The van der Waals surface area contributed by atoms with E-state index in [9.17, 15) is 14.4 Å². The molecule has 0 aliphatic carbocycles. The van der Waals surface area contributed by atoms with Crippen molar-refractivity contribution in [1.82, 2.24) is 4.90 Å². The summed E-state index contributed by atoms with van der Waals surface area (Å²) in [4.78, 5) is 39.3. The summed E-state index contributed by atoms with van der Waals surface area (Å²) >= 11 is 6.74. The van der Waals surface area contributed by atoms with Crippen LogP contribution in [0.15, 0.2) is 71.6 Å². The van der Waals surface area contributed by atoms with Crippen LogP contribution in [0.2, 0.25) is 5.02 Å². The number of aryl methyl sites for hydroxylation is 1. The third-order valence-electron chi connectivity index (χ3n) is 5.33. The van der Waals surface area contributed by atoms with Crippen molar-refractivity contribution in [3.63, 3.8) is 0 Å². The van der Waals surface area contributed by atoms with Gasteiger partial charge in [-0.05, 0) is 85.8 Å². The highest BCUT2D eigenvalue weighted by atomic mass is 35.5. The van der Waals surface area contributed by atoms with Crippen LogP contribution in [-0.2, 0) is 4.79 Å². The zero-order valence-electron chi connectivity index (χ0n) is 20.2. The molecule has 9 heteroatoms. The lowest BCUT2D eigenvalue weighted by Gasteiger charge is -2.13. The van der Waals surface area contributed by atoms with Gasteiger partial charge in [0.15, 0.2) is 11.5 Å². The summed E-state index contributed by atoms with van der Waals surface area (Å²) in [5.41, 5.74) is 2.08. The van der Waals surface area contributed by atoms with E-state index in [0.29, 0.717) is 34.3 Å². The monoisotopic (exact) mass is 537 g/mol. The number of esters is 1. The number of ether oxygens (including phenoxy) is 3. The molecule has 1 aliphatic heterocycles. The lowest BCUT2D eigenvalue weighted by molar-refractivity contribution is -0.123. The first-order chi connectivity index (χ1) is 17.8. The Hall–Kier alpha value is -3.75. The van der Waals surface area contributed by atoms with E-state index in [2.05, 4.69) is 0 Å². The van der Waals surface area contributed by atoms with E-state index in [1.165, 1.54) is 0 Å². The van der Waals surface area contributed by atoms with Gasteiger partial charge in [-0.15, -0.1) is 0 Å². The number of halogens is 1. The fourth-order valence-corrected chi connectivity index (χ4v) is 4.44. The van der Waals surface area contributed by atoms with Crippen LogP contribution in [0.1, 0.15) is 28.4 Å². The highest BCUT2D eigenvalue weighted by molar-refractivity contribution is 8.18. The Morgan fingerprint density at radius 1 is 0.973 bits per heavy atom. The average molecular weight is 538 g/mol. The molecule has 3 aromatic carbocycles. The van der Waals surface area contributed by atoms with Crippen LogP contribution in [0.25, 0.3) is 6.08 Å². The maximum atomic E-state index is 12.9. The minimum absolute atomic E-state index is 0.139. The summed E-state index contributed by atoms with van der Waals surface area (Å²) in [5, 5.41) is 0.154. The molecule has 0 atom stereocenters. The van der Waals surface area contributed by atoms with Crippen LogP contribution in [0.3, 0.4) is 0 Å². The Kier molecular flexibility index (Phi) is 8.53. The molecular formula is C28H24ClNO6S. The first-order valence-corrected chi connectivity index (χ1v) is 12.7. The number of benzene rings is 3. The quantitative estimate of drug-likeness (QED) is 0.178. The molecule has 190 valence electrons. The van der Waals surface area contributed by atoms with Crippen LogP contribution in [0.5, 0.6) is 17.2 Å². The van der Waals surface area contributed by atoms with E-state index < -0.39 is 11.9 Å². The smallest absolute Gasteiger partial charge is 0.343 e. The van der Waals surface area contributed by atoms with Gasteiger partial charge in [0.25, 0.3) is 11.1 Å². The van der Waals surface area contributed by atoms with Crippen molar-refractivity contribution >= 4 is 46.6 Å². The Morgan fingerprint density at radius 3 is 2.41 bits per heavy atom. The predicted molar refractivity (Wildman–Crippen MR) is 143 cm³/mol. The second-order valence-electron chi connectivity index (χ2n) is 8.03. The zero-order chi connectivity index (χ0) is 26.4. The number of imide groups is 1. The van der Waals surface area contributed by atoms with Gasteiger partial charge in [0.1, 0.15) is 12.4 Å². The van der Waals surface area contributed by atoms with Gasteiger partial charge in [0.2, 0.25) is 0 Å². The number of carbonyl (C=O) groups is 3. The van der Waals surface area contributed by atoms with Gasteiger partial charge in [0.05, 0.1) is 23.6 Å². The van der Waals surface area contributed by atoms with Crippen molar-refractivity contribution in [3.8, 4) is 17.2 Å². The van der Waals surface area contributed by atoms with E-state index in [1.807, 2.05) is 38.1 Å². The van der Waals surface area contributed by atoms with E-state index in [0.717, 1.165) is 22.2 Å². The molecule has 1 saturated heterocycles. The Morgan fingerprint density at radius 2 is 1.70 bits per heavy atom. The number of carbonyl (C=O) groups excluding carboxylic acids is 3. The maximum absolute atomic E-state index is 12.9. The Balaban J connectivity index is 1.44. The lowest BCUT2D eigenvalue weighted by Crippen LogP contribution is -2.32. The second-order valence-corrected chi connectivity index (χ2v) is 9.46.